The zero-order valence-corrected chi connectivity index (χ0v) is 16.1. The van der Waals surface area contributed by atoms with Crippen molar-refractivity contribution in [1.29, 1.82) is 0 Å². The lowest BCUT2D eigenvalue weighted by atomic mass is 9.91. The standard InChI is InChI=1S/C16H23BrN4O4/c1-16(2,3)25-15(22)20-12-6-4-5-11(8-12)19-14-13(21(23)24)7-10(17)9-18-14/h7,9,11-12H,4-6,8H2,1-3H3,(H,18,19)(H,20,22)/t11-,12+/m0/s1. The number of anilines is 1. The summed E-state index contributed by atoms with van der Waals surface area (Å²) in [6.07, 6.45) is 4.37. The molecule has 25 heavy (non-hydrogen) atoms. The van der Waals surface area contributed by atoms with Gasteiger partial charge in [-0.2, -0.15) is 0 Å². The Labute approximate surface area is 155 Å². The fourth-order valence-electron chi connectivity index (χ4n) is 2.80. The second-order valence-corrected chi connectivity index (χ2v) is 8.05. The maximum Gasteiger partial charge on any atom is 0.407 e. The summed E-state index contributed by atoms with van der Waals surface area (Å²) in [5, 5.41) is 17.2. The Morgan fingerprint density at radius 3 is 2.72 bits per heavy atom. The molecule has 8 nitrogen and oxygen atoms in total. The minimum atomic E-state index is -0.543. The average Bonchev–Trinajstić information content (AvgIpc) is 2.47. The third-order valence-corrected chi connectivity index (χ3v) is 4.20. The van der Waals surface area contributed by atoms with Crippen LogP contribution in [0.25, 0.3) is 0 Å². The third-order valence-electron chi connectivity index (χ3n) is 3.77. The number of hydrogen-bond acceptors (Lipinski definition) is 6. The monoisotopic (exact) mass is 414 g/mol. The van der Waals surface area contributed by atoms with E-state index in [1.807, 2.05) is 20.8 Å². The summed E-state index contributed by atoms with van der Waals surface area (Å²) in [6.45, 7) is 5.45. The first-order valence-electron chi connectivity index (χ1n) is 8.20. The largest absolute Gasteiger partial charge is 0.444 e. The summed E-state index contributed by atoms with van der Waals surface area (Å²) in [7, 11) is 0. The molecule has 0 bridgehead atoms. The van der Waals surface area contributed by atoms with Crippen LogP contribution in [0.3, 0.4) is 0 Å². The molecule has 1 amide bonds. The highest BCUT2D eigenvalue weighted by Gasteiger charge is 2.27. The second-order valence-electron chi connectivity index (χ2n) is 7.13. The van der Waals surface area contributed by atoms with Crippen molar-refractivity contribution in [2.75, 3.05) is 5.32 Å². The van der Waals surface area contributed by atoms with E-state index in [1.54, 1.807) is 0 Å². The fourth-order valence-corrected chi connectivity index (χ4v) is 3.12. The first kappa shape index (κ1) is 19.4. The number of ether oxygens (including phenoxy) is 1. The minimum absolute atomic E-state index is 0.000984. The van der Waals surface area contributed by atoms with Crippen molar-refractivity contribution in [3.8, 4) is 0 Å². The predicted octanol–water partition coefficient (Wildman–Crippen LogP) is 4.00. The number of nitrogens with one attached hydrogen (secondary N) is 2. The van der Waals surface area contributed by atoms with Crippen LogP contribution in [0.5, 0.6) is 0 Å². The Balaban J connectivity index is 1.98. The van der Waals surface area contributed by atoms with E-state index in [2.05, 4.69) is 31.5 Å². The number of nitrogens with zero attached hydrogens (tertiary/aromatic N) is 2. The normalized spacial score (nSPS) is 20.6. The van der Waals surface area contributed by atoms with Gasteiger partial charge in [0, 0.05) is 28.8 Å². The quantitative estimate of drug-likeness (QED) is 0.569. The minimum Gasteiger partial charge on any atom is -0.444 e. The molecule has 0 spiro atoms. The van der Waals surface area contributed by atoms with Gasteiger partial charge in [-0.15, -0.1) is 0 Å². The SMILES string of the molecule is CC(C)(C)OC(=O)N[C@@H]1CCC[C@H](Nc2ncc(Br)cc2[N+](=O)[O-])C1. The first-order chi connectivity index (χ1) is 11.6. The van der Waals surface area contributed by atoms with Crippen molar-refractivity contribution in [2.45, 2.75) is 64.1 Å². The Kier molecular flexibility index (Phi) is 6.21. The van der Waals surface area contributed by atoms with Crippen LogP contribution in [0.2, 0.25) is 0 Å². The summed E-state index contributed by atoms with van der Waals surface area (Å²) in [4.78, 5) is 26.8. The number of aromatic nitrogens is 1. The van der Waals surface area contributed by atoms with Gasteiger partial charge in [-0.3, -0.25) is 10.1 Å². The van der Waals surface area contributed by atoms with E-state index < -0.39 is 16.6 Å². The van der Waals surface area contributed by atoms with Gasteiger partial charge in [0.15, 0.2) is 0 Å². The van der Waals surface area contributed by atoms with Gasteiger partial charge < -0.3 is 15.4 Å². The molecular formula is C16H23BrN4O4. The predicted molar refractivity (Wildman–Crippen MR) is 97.6 cm³/mol. The summed E-state index contributed by atoms with van der Waals surface area (Å²) in [5.74, 6) is 0.246. The van der Waals surface area contributed by atoms with Gasteiger partial charge in [0.25, 0.3) is 0 Å². The number of carbonyl (C=O) groups excluding carboxylic acids is 1. The van der Waals surface area contributed by atoms with Gasteiger partial charge in [0.1, 0.15) is 5.60 Å². The van der Waals surface area contributed by atoms with E-state index in [9.17, 15) is 14.9 Å². The topological polar surface area (TPSA) is 106 Å². The lowest BCUT2D eigenvalue weighted by molar-refractivity contribution is -0.384. The van der Waals surface area contributed by atoms with Crippen LogP contribution in [0, 0.1) is 10.1 Å². The van der Waals surface area contributed by atoms with E-state index in [0.717, 1.165) is 19.3 Å². The molecule has 1 aliphatic carbocycles. The van der Waals surface area contributed by atoms with Crippen LogP contribution >= 0.6 is 15.9 Å². The van der Waals surface area contributed by atoms with Gasteiger partial charge in [-0.05, 0) is 62.4 Å². The van der Waals surface area contributed by atoms with E-state index in [4.69, 9.17) is 4.74 Å². The average molecular weight is 415 g/mol. The highest BCUT2D eigenvalue weighted by Crippen LogP contribution is 2.29. The molecule has 2 rings (SSSR count). The molecule has 1 aromatic rings. The molecule has 0 aromatic carbocycles. The molecule has 0 saturated heterocycles. The first-order valence-corrected chi connectivity index (χ1v) is 8.99. The summed E-state index contributed by atoms with van der Waals surface area (Å²) >= 11 is 3.19. The smallest absolute Gasteiger partial charge is 0.407 e. The molecule has 1 saturated carbocycles. The summed E-state index contributed by atoms with van der Waals surface area (Å²) < 4.78 is 5.83. The van der Waals surface area contributed by atoms with Gasteiger partial charge in [0.05, 0.1) is 4.92 Å². The van der Waals surface area contributed by atoms with Gasteiger partial charge in [0.2, 0.25) is 5.82 Å². The number of rotatable bonds is 4. The number of halogens is 1. The number of carbonyl (C=O) groups is 1. The molecule has 1 heterocycles. The van der Waals surface area contributed by atoms with E-state index in [-0.39, 0.29) is 23.6 Å². The Hall–Kier alpha value is -1.90. The van der Waals surface area contributed by atoms with Gasteiger partial charge >= 0.3 is 11.8 Å². The van der Waals surface area contributed by atoms with Gasteiger partial charge in [-0.25, -0.2) is 9.78 Å². The molecular weight excluding hydrogens is 392 g/mol. The maximum absolute atomic E-state index is 11.9. The number of nitro groups is 1. The number of hydrogen-bond donors (Lipinski definition) is 2. The number of pyridine rings is 1. The molecule has 2 atom stereocenters. The van der Waals surface area contributed by atoms with Gasteiger partial charge in [-0.1, -0.05) is 0 Å². The fraction of sp³-hybridized carbons (Fsp3) is 0.625. The second kappa shape index (κ2) is 7.99. The van der Waals surface area contributed by atoms with Crippen molar-refractivity contribution >= 4 is 33.5 Å². The molecule has 1 aliphatic rings. The van der Waals surface area contributed by atoms with Crippen LogP contribution in [0.15, 0.2) is 16.7 Å². The van der Waals surface area contributed by atoms with Crippen molar-refractivity contribution < 1.29 is 14.5 Å². The van der Waals surface area contributed by atoms with E-state index >= 15 is 0 Å². The van der Waals surface area contributed by atoms with Crippen molar-refractivity contribution in [3.63, 3.8) is 0 Å². The molecule has 1 fully saturated rings. The Bertz CT molecular complexity index is 648. The third kappa shape index (κ3) is 6.15. The summed E-state index contributed by atoms with van der Waals surface area (Å²) in [6, 6.07) is 1.39. The molecule has 1 aromatic heterocycles. The lowest BCUT2D eigenvalue weighted by Crippen LogP contribution is -2.44. The Morgan fingerprint density at radius 2 is 2.08 bits per heavy atom. The number of alkyl carbamates (subject to hydrolysis) is 1. The van der Waals surface area contributed by atoms with Crippen LogP contribution in [-0.4, -0.2) is 33.7 Å². The molecule has 0 radical (unpaired) electrons. The van der Waals surface area contributed by atoms with Crippen molar-refractivity contribution in [1.82, 2.24) is 10.3 Å². The summed E-state index contributed by atoms with van der Waals surface area (Å²) in [5.41, 5.74) is -0.616. The highest BCUT2D eigenvalue weighted by molar-refractivity contribution is 9.10. The molecule has 9 heteroatoms. The zero-order chi connectivity index (χ0) is 18.6. The molecule has 0 aliphatic heterocycles. The Morgan fingerprint density at radius 1 is 1.40 bits per heavy atom. The van der Waals surface area contributed by atoms with Crippen LogP contribution in [0.4, 0.5) is 16.3 Å². The van der Waals surface area contributed by atoms with Crippen LogP contribution in [-0.2, 0) is 4.74 Å². The number of amides is 1. The molecule has 138 valence electrons. The van der Waals surface area contributed by atoms with Crippen molar-refractivity contribution in [3.05, 3.63) is 26.9 Å². The van der Waals surface area contributed by atoms with Crippen molar-refractivity contribution in [2.24, 2.45) is 0 Å². The van der Waals surface area contributed by atoms with E-state index in [0.29, 0.717) is 10.9 Å². The molecule has 2 N–H and O–H groups in total. The molecule has 0 unspecified atom stereocenters. The van der Waals surface area contributed by atoms with Crippen LogP contribution in [0.1, 0.15) is 46.5 Å². The highest BCUT2D eigenvalue weighted by atomic mass is 79.9. The van der Waals surface area contributed by atoms with Crippen LogP contribution < -0.4 is 10.6 Å². The maximum atomic E-state index is 11.9. The van der Waals surface area contributed by atoms with E-state index in [1.165, 1.54) is 12.3 Å². The zero-order valence-electron chi connectivity index (χ0n) is 14.5. The lowest BCUT2D eigenvalue weighted by Gasteiger charge is -2.31.